The van der Waals surface area contributed by atoms with Crippen molar-refractivity contribution in [1.29, 1.82) is 0 Å². The van der Waals surface area contributed by atoms with Gasteiger partial charge in [-0.05, 0) is 62.8 Å². The highest BCUT2D eigenvalue weighted by atomic mass is 19.4. The van der Waals surface area contributed by atoms with Crippen molar-refractivity contribution in [1.82, 2.24) is 0 Å². The van der Waals surface area contributed by atoms with Crippen molar-refractivity contribution in [3.63, 3.8) is 0 Å². The molecule has 30 heavy (non-hydrogen) atoms. The molecule has 3 nitrogen and oxygen atoms in total. The van der Waals surface area contributed by atoms with E-state index in [9.17, 15) is 18.0 Å². The van der Waals surface area contributed by atoms with Crippen molar-refractivity contribution in [2.24, 2.45) is 11.8 Å². The highest BCUT2D eigenvalue weighted by Gasteiger charge is 2.45. The molecule has 2 aromatic carbocycles. The number of hydrogen-bond donors (Lipinski definition) is 1. The third-order valence-corrected chi connectivity index (χ3v) is 6.81. The lowest BCUT2D eigenvalue weighted by Crippen LogP contribution is -2.37. The van der Waals surface area contributed by atoms with Gasteiger partial charge in [0.1, 0.15) is 5.75 Å². The lowest BCUT2D eigenvalue weighted by molar-refractivity contribution is -0.137. The molecule has 6 heteroatoms. The first-order valence-corrected chi connectivity index (χ1v) is 10.4. The summed E-state index contributed by atoms with van der Waals surface area (Å²) in [7, 11) is 0. The molecule has 0 radical (unpaired) electrons. The van der Waals surface area contributed by atoms with Crippen LogP contribution in [0.25, 0.3) is 0 Å². The zero-order chi connectivity index (χ0) is 21.5. The van der Waals surface area contributed by atoms with E-state index in [1.54, 1.807) is 6.07 Å². The Hall–Kier alpha value is -2.50. The molecule has 2 aliphatic rings. The third-order valence-electron chi connectivity index (χ3n) is 6.81. The van der Waals surface area contributed by atoms with E-state index < -0.39 is 11.7 Å². The SMILES string of the molecule is Cc1ccc(NC(=O)[C@H](C)[C@H]2CC[C@]3(CC2)COc2cc(C(F)(F)F)ccc23)cc1. The molecule has 2 aromatic rings. The predicted molar refractivity (Wildman–Crippen MR) is 110 cm³/mol. The summed E-state index contributed by atoms with van der Waals surface area (Å²) in [5.41, 5.74) is 1.91. The normalized spacial score (nSPS) is 24.2. The van der Waals surface area contributed by atoms with E-state index >= 15 is 0 Å². The van der Waals surface area contributed by atoms with Crippen molar-refractivity contribution in [2.45, 2.75) is 51.1 Å². The van der Waals surface area contributed by atoms with Crippen LogP contribution in [0.2, 0.25) is 0 Å². The van der Waals surface area contributed by atoms with Gasteiger partial charge in [-0.2, -0.15) is 13.2 Å². The summed E-state index contributed by atoms with van der Waals surface area (Å²) in [5.74, 6) is 0.490. The van der Waals surface area contributed by atoms with E-state index in [1.165, 1.54) is 0 Å². The number of alkyl halides is 3. The summed E-state index contributed by atoms with van der Waals surface area (Å²) in [6.07, 6.45) is -1.03. The van der Waals surface area contributed by atoms with E-state index in [0.29, 0.717) is 12.4 Å². The van der Waals surface area contributed by atoms with Crippen molar-refractivity contribution in [3.05, 3.63) is 59.2 Å². The predicted octanol–water partition coefficient (Wildman–Crippen LogP) is 6.11. The van der Waals surface area contributed by atoms with Gasteiger partial charge in [-0.3, -0.25) is 4.79 Å². The molecule has 1 N–H and O–H groups in total. The molecule has 1 atom stereocenters. The van der Waals surface area contributed by atoms with E-state index in [2.05, 4.69) is 5.32 Å². The second kappa shape index (κ2) is 7.64. The van der Waals surface area contributed by atoms with Gasteiger partial charge in [0.2, 0.25) is 5.91 Å². The quantitative estimate of drug-likeness (QED) is 0.654. The van der Waals surface area contributed by atoms with Crippen LogP contribution in [0.15, 0.2) is 42.5 Å². The number of carbonyl (C=O) groups excluding carboxylic acids is 1. The van der Waals surface area contributed by atoms with Crippen molar-refractivity contribution < 1.29 is 22.7 Å². The average Bonchev–Trinajstić information content (AvgIpc) is 3.07. The molecule has 1 saturated carbocycles. The molecule has 0 bridgehead atoms. The van der Waals surface area contributed by atoms with Crippen LogP contribution in [-0.2, 0) is 16.4 Å². The van der Waals surface area contributed by atoms with Crippen molar-refractivity contribution in [2.75, 3.05) is 11.9 Å². The van der Waals surface area contributed by atoms with E-state index in [1.807, 2.05) is 38.1 Å². The van der Waals surface area contributed by atoms with Crippen LogP contribution in [0.3, 0.4) is 0 Å². The van der Waals surface area contributed by atoms with E-state index in [0.717, 1.165) is 54.6 Å². The molecule has 0 unspecified atom stereocenters. The van der Waals surface area contributed by atoms with Crippen molar-refractivity contribution in [3.8, 4) is 5.75 Å². The number of benzene rings is 2. The van der Waals surface area contributed by atoms with E-state index in [4.69, 9.17) is 4.74 Å². The average molecular weight is 417 g/mol. The number of carbonyl (C=O) groups is 1. The summed E-state index contributed by atoms with van der Waals surface area (Å²) in [6, 6.07) is 11.6. The lowest BCUT2D eigenvalue weighted by atomic mass is 9.65. The standard InChI is InChI=1S/C24H26F3NO2/c1-15-3-6-19(7-4-15)28-22(29)16(2)17-9-11-23(12-10-17)14-30-21-13-18(24(25,26)27)5-8-20(21)23/h3-8,13,16-17H,9-12,14H2,1-2H3,(H,28,29)/t16-,17-,23-/m1/s1. The molecular weight excluding hydrogens is 391 g/mol. The highest BCUT2D eigenvalue weighted by molar-refractivity contribution is 5.92. The molecule has 0 aromatic heterocycles. The number of fused-ring (bicyclic) bond motifs is 2. The zero-order valence-electron chi connectivity index (χ0n) is 17.2. The molecule has 1 spiro atoms. The fraction of sp³-hybridized carbons (Fsp3) is 0.458. The van der Waals surface area contributed by atoms with Crippen LogP contribution in [-0.4, -0.2) is 12.5 Å². The third kappa shape index (κ3) is 3.92. The number of anilines is 1. The first-order valence-electron chi connectivity index (χ1n) is 10.4. The van der Waals surface area contributed by atoms with Crippen LogP contribution >= 0.6 is 0 Å². The smallest absolute Gasteiger partial charge is 0.416 e. The Morgan fingerprint density at radius 2 is 1.80 bits per heavy atom. The van der Waals surface area contributed by atoms with Gasteiger partial charge >= 0.3 is 6.18 Å². The monoisotopic (exact) mass is 417 g/mol. The van der Waals surface area contributed by atoms with Gasteiger partial charge in [-0.1, -0.05) is 30.7 Å². The maximum absolute atomic E-state index is 13.0. The van der Waals surface area contributed by atoms with Gasteiger partial charge in [0.05, 0.1) is 12.2 Å². The fourth-order valence-corrected chi connectivity index (χ4v) is 4.76. The molecule has 160 valence electrons. The molecule has 1 amide bonds. The fourth-order valence-electron chi connectivity index (χ4n) is 4.76. The maximum atomic E-state index is 13.0. The van der Waals surface area contributed by atoms with Gasteiger partial charge < -0.3 is 10.1 Å². The van der Waals surface area contributed by atoms with Gasteiger partial charge in [0.25, 0.3) is 0 Å². The lowest BCUT2D eigenvalue weighted by Gasteiger charge is -2.38. The summed E-state index contributed by atoms with van der Waals surface area (Å²) >= 11 is 0. The molecular formula is C24H26F3NO2. The second-order valence-electron chi connectivity index (χ2n) is 8.76. The number of ether oxygens (including phenoxy) is 1. The molecule has 1 aliphatic heterocycles. The Kier molecular flexibility index (Phi) is 5.28. The Labute approximate surface area is 174 Å². The summed E-state index contributed by atoms with van der Waals surface area (Å²) in [4.78, 5) is 12.7. The maximum Gasteiger partial charge on any atom is 0.416 e. The van der Waals surface area contributed by atoms with E-state index in [-0.39, 0.29) is 23.2 Å². The number of halogens is 3. The first-order chi connectivity index (χ1) is 14.2. The molecule has 1 aliphatic carbocycles. The minimum atomic E-state index is -4.37. The Morgan fingerprint density at radius 3 is 2.43 bits per heavy atom. The van der Waals surface area contributed by atoms with Crippen LogP contribution in [0.5, 0.6) is 5.75 Å². The number of nitrogens with one attached hydrogen (secondary N) is 1. The molecule has 1 fully saturated rings. The molecule has 0 saturated heterocycles. The largest absolute Gasteiger partial charge is 0.492 e. The molecule has 4 rings (SSSR count). The molecule has 1 heterocycles. The van der Waals surface area contributed by atoms with Gasteiger partial charge in [0, 0.05) is 22.6 Å². The second-order valence-corrected chi connectivity index (χ2v) is 8.76. The highest BCUT2D eigenvalue weighted by Crippen LogP contribution is 2.51. The van der Waals surface area contributed by atoms with Crippen LogP contribution in [0, 0.1) is 18.8 Å². The summed E-state index contributed by atoms with van der Waals surface area (Å²) < 4.78 is 44.6. The zero-order valence-corrected chi connectivity index (χ0v) is 17.2. The van der Waals surface area contributed by atoms with Gasteiger partial charge in [-0.15, -0.1) is 0 Å². The number of aryl methyl sites for hydroxylation is 1. The topological polar surface area (TPSA) is 38.3 Å². The summed E-state index contributed by atoms with van der Waals surface area (Å²) in [6.45, 7) is 4.38. The van der Waals surface area contributed by atoms with Crippen molar-refractivity contribution >= 4 is 11.6 Å². The Morgan fingerprint density at radius 1 is 1.13 bits per heavy atom. The number of hydrogen-bond acceptors (Lipinski definition) is 2. The number of amides is 1. The number of rotatable bonds is 3. The first kappa shape index (κ1) is 20.8. The Balaban J connectivity index is 1.41. The van der Waals surface area contributed by atoms with Gasteiger partial charge in [-0.25, -0.2) is 0 Å². The Bertz CT molecular complexity index is 928. The summed E-state index contributed by atoms with van der Waals surface area (Å²) in [5, 5.41) is 2.99. The minimum Gasteiger partial charge on any atom is -0.492 e. The van der Waals surface area contributed by atoms with Crippen LogP contribution in [0.1, 0.15) is 49.3 Å². The van der Waals surface area contributed by atoms with Crippen LogP contribution < -0.4 is 10.1 Å². The van der Waals surface area contributed by atoms with Crippen LogP contribution in [0.4, 0.5) is 18.9 Å². The minimum absolute atomic E-state index is 0.0118. The van der Waals surface area contributed by atoms with Gasteiger partial charge in [0.15, 0.2) is 0 Å².